The van der Waals surface area contributed by atoms with Gasteiger partial charge in [0.15, 0.2) is 0 Å². The highest BCUT2D eigenvalue weighted by molar-refractivity contribution is 5.85. The van der Waals surface area contributed by atoms with Gasteiger partial charge in [-0.1, -0.05) is 95.3 Å². The molecule has 0 saturated heterocycles. The Morgan fingerprint density at radius 3 is 2.35 bits per heavy atom. The van der Waals surface area contributed by atoms with Gasteiger partial charge in [0, 0.05) is 22.0 Å². The third-order valence-corrected chi connectivity index (χ3v) is 15.8. The standard InChI is InChI=1S/C43H55NO2/c1-27(2)29-19-22-43(38(45)46-26-28-13-9-8-10-14-28)24-23-41(6)32(36(29)43)17-18-35-40(5)25-31-30-15-11-12-16-33(30)44-37(31)39(3,4)34(40)20-21-42(35,41)7/h8-16,29,32,34-36,44H,1,17-26H2,2-7H3/t29?,32?,34?,35?,36?,40-,41+,42+,43-/m0/s1. The molecule has 5 aliphatic rings. The molecule has 5 unspecified atom stereocenters. The zero-order chi connectivity index (χ0) is 32.3. The van der Waals surface area contributed by atoms with Crippen LogP contribution in [0, 0.1) is 51.2 Å². The number of carbonyl (C=O) groups is 1. The summed E-state index contributed by atoms with van der Waals surface area (Å²) in [5, 5.41) is 1.43. The number of esters is 1. The van der Waals surface area contributed by atoms with Crippen molar-refractivity contribution < 1.29 is 9.53 Å². The average Bonchev–Trinajstić information content (AvgIpc) is 3.61. The summed E-state index contributed by atoms with van der Waals surface area (Å²) in [7, 11) is 0. The summed E-state index contributed by atoms with van der Waals surface area (Å²) in [6.07, 6.45) is 10.4. The molecule has 1 aromatic heterocycles. The van der Waals surface area contributed by atoms with Crippen LogP contribution in [0.1, 0.15) is 110 Å². The summed E-state index contributed by atoms with van der Waals surface area (Å²) in [6.45, 7) is 20.3. The Bertz CT molecular complexity index is 1700. The second-order valence-electron chi connectivity index (χ2n) is 17.8. The third-order valence-electron chi connectivity index (χ3n) is 15.8. The maximum Gasteiger partial charge on any atom is 0.312 e. The number of carbonyl (C=O) groups excluding carboxylic acids is 1. The van der Waals surface area contributed by atoms with Crippen LogP contribution in [0.4, 0.5) is 0 Å². The fourth-order valence-corrected chi connectivity index (χ4v) is 13.7. The lowest BCUT2D eigenvalue weighted by atomic mass is 9.32. The quantitative estimate of drug-likeness (QED) is 0.234. The lowest BCUT2D eigenvalue weighted by molar-refractivity contribution is -0.229. The van der Waals surface area contributed by atoms with E-state index in [-0.39, 0.29) is 33.0 Å². The molecule has 0 aliphatic heterocycles. The summed E-state index contributed by atoms with van der Waals surface area (Å²) in [5.41, 5.74) is 7.14. The number of nitrogens with one attached hydrogen (secondary N) is 1. The minimum Gasteiger partial charge on any atom is -0.460 e. The fourth-order valence-electron chi connectivity index (χ4n) is 13.7. The highest BCUT2D eigenvalue weighted by Gasteiger charge is 2.72. The zero-order valence-corrected chi connectivity index (χ0v) is 29.2. The fraction of sp³-hybridized carbons (Fsp3) is 0.605. The van der Waals surface area contributed by atoms with Crippen molar-refractivity contribution in [1.82, 2.24) is 4.98 Å². The van der Waals surface area contributed by atoms with E-state index in [0.29, 0.717) is 36.2 Å². The molecule has 0 amide bonds. The summed E-state index contributed by atoms with van der Waals surface area (Å²) >= 11 is 0. The molecule has 0 spiro atoms. The lowest BCUT2D eigenvalue weighted by Crippen LogP contribution is -2.67. The van der Waals surface area contributed by atoms with Crippen LogP contribution in [-0.4, -0.2) is 11.0 Å². The van der Waals surface area contributed by atoms with Gasteiger partial charge in [0.25, 0.3) is 0 Å². The summed E-state index contributed by atoms with van der Waals surface area (Å²) in [4.78, 5) is 18.3. The molecule has 3 heteroatoms. The SMILES string of the molecule is C=C(C)C1CC[C@]2(C(=O)OCc3ccccc3)CC[C@]3(C)C(CCC4[C@@]5(C)Cc6c([nH]c7ccccc67)C(C)(C)C5CC[C@]43C)C12. The maximum atomic E-state index is 14.3. The number of allylic oxidation sites excluding steroid dienone is 1. The number of fused-ring (bicyclic) bond motifs is 10. The van der Waals surface area contributed by atoms with Crippen LogP contribution in [0.15, 0.2) is 66.7 Å². The molecule has 9 atom stereocenters. The van der Waals surface area contributed by atoms with Crippen molar-refractivity contribution in [2.75, 3.05) is 0 Å². The van der Waals surface area contributed by atoms with Gasteiger partial charge in [-0.25, -0.2) is 0 Å². The molecule has 244 valence electrons. The molecular weight excluding hydrogens is 562 g/mol. The molecule has 0 bridgehead atoms. The monoisotopic (exact) mass is 617 g/mol. The number of hydrogen-bond acceptors (Lipinski definition) is 2. The van der Waals surface area contributed by atoms with E-state index in [9.17, 15) is 4.79 Å². The number of para-hydroxylation sites is 1. The van der Waals surface area contributed by atoms with E-state index in [4.69, 9.17) is 4.74 Å². The van der Waals surface area contributed by atoms with E-state index >= 15 is 0 Å². The highest BCUT2D eigenvalue weighted by Crippen LogP contribution is 2.77. The van der Waals surface area contributed by atoms with E-state index in [1.54, 1.807) is 5.56 Å². The molecule has 2 aromatic carbocycles. The van der Waals surface area contributed by atoms with Crippen LogP contribution < -0.4 is 0 Å². The van der Waals surface area contributed by atoms with E-state index < -0.39 is 0 Å². The molecule has 1 N–H and O–H groups in total. The normalized spacial score (nSPS) is 40.6. The zero-order valence-electron chi connectivity index (χ0n) is 29.2. The number of aromatic amines is 1. The predicted octanol–water partition coefficient (Wildman–Crippen LogP) is 10.6. The Kier molecular flexibility index (Phi) is 6.70. The van der Waals surface area contributed by atoms with Crippen molar-refractivity contribution >= 4 is 16.9 Å². The molecule has 4 saturated carbocycles. The molecule has 1 heterocycles. The van der Waals surface area contributed by atoms with Crippen LogP contribution in [-0.2, 0) is 28.0 Å². The molecule has 3 aromatic rings. The smallest absolute Gasteiger partial charge is 0.312 e. The molecule has 4 fully saturated rings. The van der Waals surface area contributed by atoms with Crippen LogP contribution >= 0.6 is 0 Å². The lowest BCUT2D eigenvalue weighted by Gasteiger charge is -2.72. The average molecular weight is 618 g/mol. The number of ether oxygens (including phenoxy) is 1. The van der Waals surface area contributed by atoms with Gasteiger partial charge in [0.2, 0.25) is 0 Å². The van der Waals surface area contributed by atoms with E-state index in [2.05, 4.69) is 89.5 Å². The maximum absolute atomic E-state index is 14.3. The summed E-state index contributed by atoms with van der Waals surface area (Å²) in [5.74, 6) is 2.65. The van der Waals surface area contributed by atoms with Gasteiger partial charge in [-0.15, -0.1) is 0 Å². The van der Waals surface area contributed by atoms with Gasteiger partial charge in [-0.3, -0.25) is 4.79 Å². The molecule has 3 nitrogen and oxygen atoms in total. The topological polar surface area (TPSA) is 42.1 Å². The Labute approximate surface area is 277 Å². The second-order valence-corrected chi connectivity index (χ2v) is 17.8. The van der Waals surface area contributed by atoms with Crippen LogP contribution in [0.5, 0.6) is 0 Å². The van der Waals surface area contributed by atoms with Gasteiger partial charge in [-0.05, 0) is 128 Å². The number of H-pyrrole nitrogens is 1. The van der Waals surface area contributed by atoms with Crippen LogP contribution in [0.25, 0.3) is 10.9 Å². The van der Waals surface area contributed by atoms with Crippen molar-refractivity contribution in [1.29, 1.82) is 0 Å². The van der Waals surface area contributed by atoms with E-state index in [1.165, 1.54) is 54.3 Å². The van der Waals surface area contributed by atoms with Gasteiger partial charge >= 0.3 is 5.97 Å². The Hall–Kier alpha value is -2.81. The van der Waals surface area contributed by atoms with Crippen molar-refractivity contribution in [3.63, 3.8) is 0 Å². The largest absolute Gasteiger partial charge is 0.460 e. The van der Waals surface area contributed by atoms with Gasteiger partial charge in [0.05, 0.1) is 5.41 Å². The first-order valence-corrected chi connectivity index (χ1v) is 18.3. The van der Waals surface area contributed by atoms with Gasteiger partial charge in [0.1, 0.15) is 6.61 Å². The third kappa shape index (κ3) is 3.87. The second kappa shape index (κ2) is 10.1. The molecule has 5 aliphatic carbocycles. The first-order valence-electron chi connectivity index (χ1n) is 18.3. The minimum absolute atomic E-state index is 0.0657. The Morgan fingerprint density at radius 1 is 0.848 bits per heavy atom. The van der Waals surface area contributed by atoms with Crippen LogP contribution in [0.2, 0.25) is 0 Å². The summed E-state index contributed by atoms with van der Waals surface area (Å²) in [6, 6.07) is 19.2. The number of aromatic nitrogens is 1. The van der Waals surface area contributed by atoms with Crippen LogP contribution in [0.3, 0.4) is 0 Å². The molecular formula is C43H55NO2. The number of rotatable bonds is 4. The van der Waals surface area contributed by atoms with Gasteiger partial charge < -0.3 is 9.72 Å². The van der Waals surface area contributed by atoms with Crippen molar-refractivity contribution in [3.8, 4) is 0 Å². The first kappa shape index (κ1) is 30.5. The Balaban J connectivity index is 1.16. The number of hydrogen-bond donors (Lipinski definition) is 1. The van der Waals surface area contributed by atoms with E-state index in [1.807, 2.05) is 18.2 Å². The van der Waals surface area contributed by atoms with Crippen molar-refractivity contribution in [2.45, 2.75) is 111 Å². The highest BCUT2D eigenvalue weighted by atomic mass is 16.5. The van der Waals surface area contributed by atoms with Gasteiger partial charge in [-0.2, -0.15) is 0 Å². The first-order chi connectivity index (χ1) is 21.9. The molecule has 8 rings (SSSR count). The van der Waals surface area contributed by atoms with Crippen molar-refractivity contribution in [2.24, 2.45) is 51.2 Å². The molecule has 46 heavy (non-hydrogen) atoms. The number of benzene rings is 2. The van der Waals surface area contributed by atoms with Crippen molar-refractivity contribution in [3.05, 3.63) is 83.6 Å². The minimum atomic E-state index is -0.376. The summed E-state index contributed by atoms with van der Waals surface area (Å²) < 4.78 is 6.24. The predicted molar refractivity (Wildman–Crippen MR) is 187 cm³/mol. The van der Waals surface area contributed by atoms with E-state index in [0.717, 1.165) is 31.2 Å². The molecule has 0 radical (unpaired) electrons. The Morgan fingerprint density at radius 2 is 1.59 bits per heavy atom.